The fraction of sp³-hybridized carbons (Fsp3) is 0.409. The Labute approximate surface area is 156 Å². The molecule has 0 fully saturated rings. The van der Waals surface area contributed by atoms with Gasteiger partial charge in [0.15, 0.2) is 0 Å². The summed E-state index contributed by atoms with van der Waals surface area (Å²) in [6.45, 7) is 9.37. The van der Waals surface area contributed by atoms with Crippen LogP contribution in [-0.2, 0) is 13.0 Å². The van der Waals surface area contributed by atoms with Crippen LogP contribution in [0.4, 0.5) is 10.5 Å². The summed E-state index contributed by atoms with van der Waals surface area (Å²) < 4.78 is 0. The number of para-hydroxylation sites is 1. The molecule has 2 amide bonds. The van der Waals surface area contributed by atoms with E-state index in [0.29, 0.717) is 0 Å². The minimum atomic E-state index is -0.145. The van der Waals surface area contributed by atoms with Gasteiger partial charge in [-0.2, -0.15) is 0 Å². The zero-order valence-electron chi connectivity index (χ0n) is 16.0. The van der Waals surface area contributed by atoms with Gasteiger partial charge < -0.3 is 10.6 Å². The van der Waals surface area contributed by atoms with Crippen LogP contribution in [0.25, 0.3) is 0 Å². The molecular formula is C22H29N3O. The van der Waals surface area contributed by atoms with Crippen molar-refractivity contribution < 1.29 is 4.79 Å². The number of hydrogen-bond acceptors (Lipinski definition) is 2. The Morgan fingerprint density at radius 1 is 1.04 bits per heavy atom. The van der Waals surface area contributed by atoms with Crippen molar-refractivity contribution in [1.82, 2.24) is 10.2 Å². The number of amides is 2. The summed E-state index contributed by atoms with van der Waals surface area (Å²) in [5.41, 5.74) is 3.64. The molecule has 2 aromatic rings. The molecule has 0 aromatic heterocycles. The predicted octanol–water partition coefficient (Wildman–Crippen LogP) is 4.28. The third kappa shape index (κ3) is 4.85. The van der Waals surface area contributed by atoms with Crippen LogP contribution in [0.5, 0.6) is 0 Å². The summed E-state index contributed by atoms with van der Waals surface area (Å²) >= 11 is 0. The molecule has 2 aromatic carbocycles. The largest absolute Gasteiger partial charge is 0.333 e. The number of nitrogens with one attached hydrogen (secondary N) is 2. The molecular weight excluding hydrogens is 322 g/mol. The highest BCUT2D eigenvalue weighted by Gasteiger charge is 2.29. The Balaban J connectivity index is 1.63. The first kappa shape index (κ1) is 18.5. The van der Waals surface area contributed by atoms with Gasteiger partial charge >= 0.3 is 6.03 Å². The summed E-state index contributed by atoms with van der Waals surface area (Å²) in [5, 5.41) is 6.11. The Kier molecular flexibility index (Phi) is 5.62. The average molecular weight is 351 g/mol. The maximum Gasteiger partial charge on any atom is 0.319 e. The number of hydrogen-bond donors (Lipinski definition) is 2. The summed E-state index contributed by atoms with van der Waals surface area (Å²) in [7, 11) is 0. The van der Waals surface area contributed by atoms with Crippen molar-refractivity contribution in [3.05, 3.63) is 65.7 Å². The minimum Gasteiger partial charge on any atom is -0.333 e. The van der Waals surface area contributed by atoms with Gasteiger partial charge in [0.25, 0.3) is 0 Å². The van der Waals surface area contributed by atoms with Crippen molar-refractivity contribution >= 4 is 11.7 Å². The molecule has 3 rings (SSSR count). The Bertz CT molecular complexity index is 737. The van der Waals surface area contributed by atoms with E-state index >= 15 is 0 Å². The van der Waals surface area contributed by atoms with Gasteiger partial charge in [-0.15, -0.1) is 0 Å². The highest BCUT2D eigenvalue weighted by atomic mass is 16.2. The van der Waals surface area contributed by atoms with Gasteiger partial charge in [0.05, 0.1) is 0 Å². The van der Waals surface area contributed by atoms with Crippen LogP contribution in [0.2, 0.25) is 0 Å². The summed E-state index contributed by atoms with van der Waals surface area (Å²) in [4.78, 5) is 14.9. The van der Waals surface area contributed by atoms with Crippen LogP contribution < -0.4 is 10.6 Å². The molecule has 1 heterocycles. The zero-order chi connectivity index (χ0) is 18.6. The first-order valence-corrected chi connectivity index (χ1v) is 9.33. The molecule has 0 saturated heterocycles. The molecule has 0 saturated carbocycles. The van der Waals surface area contributed by atoms with E-state index in [1.807, 2.05) is 30.3 Å². The van der Waals surface area contributed by atoms with Crippen molar-refractivity contribution in [3.8, 4) is 0 Å². The zero-order valence-corrected chi connectivity index (χ0v) is 16.0. The molecule has 1 aliphatic heterocycles. The van der Waals surface area contributed by atoms with E-state index in [-0.39, 0.29) is 17.5 Å². The third-order valence-electron chi connectivity index (χ3n) is 5.03. The SMILES string of the molecule is CC(C)(C)C(CN1CCc2ccccc2C1)NC(=O)Nc1ccccc1. The molecule has 1 atom stereocenters. The van der Waals surface area contributed by atoms with Crippen molar-refractivity contribution in [2.24, 2.45) is 5.41 Å². The maximum absolute atomic E-state index is 12.5. The Morgan fingerprint density at radius 3 is 2.38 bits per heavy atom. The molecule has 4 nitrogen and oxygen atoms in total. The summed E-state index contributed by atoms with van der Waals surface area (Å²) in [5.74, 6) is 0. The quantitative estimate of drug-likeness (QED) is 0.863. The lowest BCUT2D eigenvalue weighted by molar-refractivity contribution is 0.164. The molecule has 1 aliphatic rings. The van der Waals surface area contributed by atoms with Crippen LogP contribution >= 0.6 is 0 Å². The smallest absolute Gasteiger partial charge is 0.319 e. The van der Waals surface area contributed by atoms with Crippen LogP contribution in [-0.4, -0.2) is 30.1 Å². The first-order valence-electron chi connectivity index (χ1n) is 9.33. The molecule has 1 unspecified atom stereocenters. The van der Waals surface area contributed by atoms with Crippen LogP contribution in [0, 0.1) is 5.41 Å². The standard InChI is InChI=1S/C22H29N3O/c1-22(2,3)20(24-21(26)23-19-11-5-4-6-12-19)16-25-14-13-17-9-7-8-10-18(17)15-25/h4-12,20H,13-16H2,1-3H3,(H2,23,24,26). The van der Waals surface area contributed by atoms with Gasteiger partial charge in [-0.1, -0.05) is 63.2 Å². The number of nitrogens with zero attached hydrogens (tertiary/aromatic N) is 1. The van der Waals surface area contributed by atoms with Gasteiger partial charge in [-0.3, -0.25) is 4.90 Å². The first-order chi connectivity index (χ1) is 12.4. The van der Waals surface area contributed by atoms with E-state index in [9.17, 15) is 4.79 Å². The van der Waals surface area contributed by atoms with Gasteiger partial charge in [0.1, 0.15) is 0 Å². The average Bonchev–Trinajstić information content (AvgIpc) is 2.61. The van der Waals surface area contributed by atoms with E-state index in [0.717, 1.165) is 31.7 Å². The normalized spacial score (nSPS) is 15.8. The van der Waals surface area contributed by atoms with E-state index in [1.165, 1.54) is 11.1 Å². The molecule has 138 valence electrons. The van der Waals surface area contributed by atoms with Crippen LogP contribution in [0.3, 0.4) is 0 Å². The van der Waals surface area contributed by atoms with E-state index < -0.39 is 0 Å². The lowest BCUT2D eigenvalue weighted by Crippen LogP contribution is -2.52. The van der Waals surface area contributed by atoms with E-state index in [4.69, 9.17) is 0 Å². The summed E-state index contributed by atoms with van der Waals surface area (Å²) in [6.07, 6.45) is 1.07. The Hall–Kier alpha value is -2.33. The van der Waals surface area contributed by atoms with Gasteiger partial charge in [-0.05, 0) is 35.1 Å². The van der Waals surface area contributed by atoms with Gasteiger partial charge in [0, 0.05) is 31.4 Å². The highest BCUT2D eigenvalue weighted by molar-refractivity contribution is 5.89. The van der Waals surface area contributed by atoms with Crippen molar-refractivity contribution in [3.63, 3.8) is 0 Å². The lowest BCUT2D eigenvalue weighted by atomic mass is 9.86. The second kappa shape index (κ2) is 7.92. The van der Waals surface area contributed by atoms with Gasteiger partial charge in [-0.25, -0.2) is 4.79 Å². The summed E-state index contributed by atoms with van der Waals surface area (Å²) in [6, 6.07) is 18.1. The number of benzene rings is 2. The maximum atomic E-state index is 12.5. The van der Waals surface area contributed by atoms with E-state index in [1.54, 1.807) is 0 Å². The number of carbonyl (C=O) groups is 1. The number of fused-ring (bicyclic) bond motifs is 1. The monoisotopic (exact) mass is 351 g/mol. The van der Waals surface area contributed by atoms with Crippen molar-refractivity contribution in [2.75, 3.05) is 18.4 Å². The van der Waals surface area contributed by atoms with Crippen LogP contribution in [0.1, 0.15) is 31.9 Å². The lowest BCUT2D eigenvalue weighted by Gasteiger charge is -2.37. The van der Waals surface area contributed by atoms with Crippen molar-refractivity contribution in [1.29, 1.82) is 0 Å². The number of rotatable bonds is 4. The fourth-order valence-electron chi connectivity index (χ4n) is 3.35. The van der Waals surface area contributed by atoms with Crippen molar-refractivity contribution in [2.45, 2.75) is 39.8 Å². The molecule has 2 N–H and O–H groups in total. The second-order valence-corrected chi connectivity index (χ2v) is 8.14. The number of carbonyl (C=O) groups excluding carboxylic acids is 1. The predicted molar refractivity (Wildman–Crippen MR) is 107 cm³/mol. The molecule has 26 heavy (non-hydrogen) atoms. The molecule has 0 radical (unpaired) electrons. The minimum absolute atomic E-state index is 0.0228. The molecule has 0 bridgehead atoms. The molecule has 4 heteroatoms. The number of urea groups is 1. The highest BCUT2D eigenvalue weighted by Crippen LogP contribution is 2.24. The number of anilines is 1. The van der Waals surface area contributed by atoms with Gasteiger partial charge in [0.2, 0.25) is 0 Å². The molecule has 0 aliphatic carbocycles. The van der Waals surface area contributed by atoms with Crippen LogP contribution in [0.15, 0.2) is 54.6 Å². The fourth-order valence-corrected chi connectivity index (χ4v) is 3.35. The second-order valence-electron chi connectivity index (χ2n) is 8.14. The Morgan fingerprint density at radius 2 is 1.69 bits per heavy atom. The molecule has 0 spiro atoms. The van der Waals surface area contributed by atoms with E-state index in [2.05, 4.69) is 60.6 Å². The topological polar surface area (TPSA) is 44.4 Å². The third-order valence-corrected chi connectivity index (χ3v) is 5.03.